The number of allylic oxidation sites excluding steroid dienone is 2. The summed E-state index contributed by atoms with van der Waals surface area (Å²) in [5.41, 5.74) is 1.97. The van der Waals surface area contributed by atoms with Crippen LogP contribution in [0.25, 0.3) is 0 Å². The van der Waals surface area contributed by atoms with E-state index in [4.69, 9.17) is 4.42 Å². The molecular formula is C11H12O2. The topological polar surface area (TPSA) is 30.2 Å². The minimum Gasteiger partial charge on any atom is -0.472 e. The third-order valence-electron chi connectivity index (χ3n) is 2.34. The number of hydrogen-bond acceptors (Lipinski definition) is 2. The van der Waals surface area contributed by atoms with Crippen molar-refractivity contribution in [2.45, 2.75) is 25.7 Å². The summed E-state index contributed by atoms with van der Waals surface area (Å²) in [6, 6.07) is 1.84. The Bertz CT molecular complexity index is 320. The molecule has 2 rings (SSSR count). The average Bonchev–Trinajstić information content (AvgIpc) is 2.74. The van der Waals surface area contributed by atoms with Gasteiger partial charge in [0, 0.05) is 6.42 Å². The summed E-state index contributed by atoms with van der Waals surface area (Å²) in [6.45, 7) is 0. The van der Waals surface area contributed by atoms with Gasteiger partial charge in [0.2, 0.25) is 0 Å². The van der Waals surface area contributed by atoms with Gasteiger partial charge >= 0.3 is 0 Å². The van der Waals surface area contributed by atoms with Crippen LogP contribution in [0.4, 0.5) is 0 Å². The number of Topliss-reactive ketones (excluding diaryl/α,β-unsaturated/α-hetero) is 1. The highest BCUT2D eigenvalue weighted by atomic mass is 16.3. The molecule has 1 aromatic heterocycles. The molecule has 0 atom stereocenters. The van der Waals surface area contributed by atoms with E-state index in [1.807, 2.05) is 6.07 Å². The standard InChI is InChI=1S/C11H12O2/c12-11(10-3-1-2-4-10)7-9-5-6-13-8-9/h3,5-6,8H,1-2,4,7H2. The predicted molar refractivity (Wildman–Crippen MR) is 49.4 cm³/mol. The maximum absolute atomic E-state index is 11.6. The molecule has 0 aliphatic heterocycles. The molecule has 0 saturated carbocycles. The van der Waals surface area contributed by atoms with Crippen LogP contribution in [-0.4, -0.2) is 5.78 Å². The molecule has 1 aliphatic carbocycles. The zero-order valence-electron chi connectivity index (χ0n) is 7.45. The van der Waals surface area contributed by atoms with Crippen molar-refractivity contribution in [3.63, 3.8) is 0 Å². The van der Waals surface area contributed by atoms with Gasteiger partial charge in [0.15, 0.2) is 5.78 Å². The zero-order chi connectivity index (χ0) is 9.10. The van der Waals surface area contributed by atoms with Crippen molar-refractivity contribution < 1.29 is 9.21 Å². The van der Waals surface area contributed by atoms with Crippen LogP contribution in [0, 0.1) is 0 Å². The summed E-state index contributed by atoms with van der Waals surface area (Å²) < 4.78 is 4.91. The Kier molecular flexibility index (Phi) is 2.30. The van der Waals surface area contributed by atoms with Crippen LogP contribution in [-0.2, 0) is 11.2 Å². The van der Waals surface area contributed by atoms with E-state index in [0.29, 0.717) is 6.42 Å². The maximum Gasteiger partial charge on any atom is 0.163 e. The second-order valence-corrected chi connectivity index (χ2v) is 3.35. The monoisotopic (exact) mass is 176 g/mol. The molecule has 13 heavy (non-hydrogen) atoms. The number of carbonyl (C=O) groups excluding carboxylic acids is 1. The van der Waals surface area contributed by atoms with E-state index in [9.17, 15) is 4.79 Å². The highest BCUT2D eigenvalue weighted by Gasteiger charge is 2.13. The molecule has 1 heterocycles. The smallest absolute Gasteiger partial charge is 0.163 e. The van der Waals surface area contributed by atoms with Crippen LogP contribution in [0.5, 0.6) is 0 Å². The summed E-state index contributed by atoms with van der Waals surface area (Å²) >= 11 is 0. The van der Waals surface area contributed by atoms with E-state index in [2.05, 4.69) is 6.08 Å². The summed E-state index contributed by atoms with van der Waals surface area (Å²) in [4.78, 5) is 11.6. The number of ketones is 1. The quantitative estimate of drug-likeness (QED) is 0.708. The Morgan fingerprint density at radius 1 is 1.54 bits per heavy atom. The van der Waals surface area contributed by atoms with Crippen molar-refractivity contribution in [3.8, 4) is 0 Å². The second-order valence-electron chi connectivity index (χ2n) is 3.35. The fourth-order valence-electron chi connectivity index (χ4n) is 1.62. The van der Waals surface area contributed by atoms with Gasteiger partial charge in [0.1, 0.15) is 0 Å². The molecular weight excluding hydrogens is 164 g/mol. The highest BCUT2D eigenvalue weighted by molar-refractivity contribution is 5.97. The molecule has 0 unspecified atom stereocenters. The highest BCUT2D eigenvalue weighted by Crippen LogP contribution is 2.19. The largest absolute Gasteiger partial charge is 0.472 e. The molecule has 68 valence electrons. The van der Waals surface area contributed by atoms with Gasteiger partial charge in [0.25, 0.3) is 0 Å². The van der Waals surface area contributed by atoms with Gasteiger partial charge in [0.05, 0.1) is 12.5 Å². The molecule has 0 spiro atoms. The Labute approximate surface area is 77.2 Å². The summed E-state index contributed by atoms with van der Waals surface area (Å²) in [5.74, 6) is 0.249. The minimum absolute atomic E-state index is 0.249. The van der Waals surface area contributed by atoms with Gasteiger partial charge in [-0.2, -0.15) is 0 Å². The van der Waals surface area contributed by atoms with E-state index in [0.717, 1.165) is 30.4 Å². The van der Waals surface area contributed by atoms with Gasteiger partial charge in [-0.1, -0.05) is 6.08 Å². The van der Waals surface area contributed by atoms with Crippen molar-refractivity contribution in [3.05, 3.63) is 35.8 Å². The van der Waals surface area contributed by atoms with Crippen molar-refractivity contribution in [2.24, 2.45) is 0 Å². The van der Waals surface area contributed by atoms with E-state index in [-0.39, 0.29) is 5.78 Å². The lowest BCUT2D eigenvalue weighted by molar-refractivity contribution is -0.115. The van der Waals surface area contributed by atoms with Crippen LogP contribution in [0.2, 0.25) is 0 Å². The van der Waals surface area contributed by atoms with E-state index >= 15 is 0 Å². The first-order valence-electron chi connectivity index (χ1n) is 4.59. The first-order chi connectivity index (χ1) is 6.36. The molecule has 0 fully saturated rings. The molecule has 0 N–H and O–H groups in total. The molecule has 0 saturated heterocycles. The molecule has 0 radical (unpaired) electrons. The molecule has 2 nitrogen and oxygen atoms in total. The lowest BCUT2D eigenvalue weighted by Gasteiger charge is -1.97. The van der Waals surface area contributed by atoms with Gasteiger partial charge in [-0.15, -0.1) is 0 Å². The molecule has 2 heteroatoms. The van der Waals surface area contributed by atoms with Crippen molar-refractivity contribution in [2.75, 3.05) is 0 Å². The van der Waals surface area contributed by atoms with Gasteiger partial charge in [-0.05, 0) is 36.5 Å². The minimum atomic E-state index is 0.249. The van der Waals surface area contributed by atoms with E-state index in [1.54, 1.807) is 12.5 Å². The van der Waals surface area contributed by atoms with Crippen LogP contribution >= 0.6 is 0 Å². The first-order valence-corrected chi connectivity index (χ1v) is 4.59. The maximum atomic E-state index is 11.6. The van der Waals surface area contributed by atoms with E-state index < -0.39 is 0 Å². The third kappa shape index (κ3) is 1.89. The number of carbonyl (C=O) groups is 1. The van der Waals surface area contributed by atoms with Crippen LogP contribution in [0.1, 0.15) is 24.8 Å². The molecule has 1 aliphatic rings. The SMILES string of the molecule is O=C(Cc1ccoc1)C1=CCCC1. The Morgan fingerprint density at radius 3 is 3.08 bits per heavy atom. The Morgan fingerprint density at radius 2 is 2.46 bits per heavy atom. The predicted octanol–water partition coefficient (Wildman–Crippen LogP) is 2.50. The fourth-order valence-corrected chi connectivity index (χ4v) is 1.62. The van der Waals surface area contributed by atoms with Gasteiger partial charge < -0.3 is 4.42 Å². The number of furan rings is 1. The Balaban J connectivity index is 1.99. The lowest BCUT2D eigenvalue weighted by Crippen LogP contribution is -2.03. The third-order valence-corrected chi connectivity index (χ3v) is 2.34. The van der Waals surface area contributed by atoms with E-state index in [1.165, 1.54) is 0 Å². The van der Waals surface area contributed by atoms with Crippen molar-refractivity contribution in [1.82, 2.24) is 0 Å². The van der Waals surface area contributed by atoms with Crippen molar-refractivity contribution in [1.29, 1.82) is 0 Å². The van der Waals surface area contributed by atoms with Gasteiger partial charge in [-0.3, -0.25) is 4.79 Å². The second kappa shape index (κ2) is 3.60. The summed E-state index contributed by atoms with van der Waals surface area (Å²) in [7, 11) is 0. The number of hydrogen-bond donors (Lipinski definition) is 0. The first kappa shape index (κ1) is 8.30. The lowest BCUT2D eigenvalue weighted by atomic mass is 10.1. The Hall–Kier alpha value is -1.31. The van der Waals surface area contributed by atoms with Crippen molar-refractivity contribution >= 4 is 5.78 Å². The summed E-state index contributed by atoms with van der Waals surface area (Å²) in [6.07, 6.45) is 8.93. The molecule has 0 bridgehead atoms. The number of rotatable bonds is 3. The van der Waals surface area contributed by atoms with Crippen LogP contribution in [0.15, 0.2) is 34.7 Å². The molecule has 0 aromatic carbocycles. The van der Waals surface area contributed by atoms with Crippen LogP contribution < -0.4 is 0 Å². The average molecular weight is 176 g/mol. The summed E-state index contributed by atoms with van der Waals surface area (Å²) in [5, 5.41) is 0. The molecule has 1 aromatic rings. The van der Waals surface area contributed by atoms with Gasteiger partial charge in [-0.25, -0.2) is 0 Å². The fraction of sp³-hybridized carbons (Fsp3) is 0.364. The zero-order valence-corrected chi connectivity index (χ0v) is 7.45. The van der Waals surface area contributed by atoms with Crippen LogP contribution in [0.3, 0.4) is 0 Å². The normalized spacial score (nSPS) is 15.8. The molecule has 0 amide bonds.